The fourth-order valence-electron chi connectivity index (χ4n) is 2.20. The van der Waals surface area contributed by atoms with Crippen LogP contribution in [0.5, 0.6) is 0 Å². The first-order chi connectivity index (χ1) is 7.83. The average molecular weight is 218 g/mol. The fourth-order valence-corrected chi connectivity index (χ4v) is 2.20. The molecule has 1 aliphatic heterocycles. The van der Waals surface area contributed by atoms with Crippen molar-refractivity contribution < 1.29 is 4.79 Å². The van der Waals surface area contributed by atoms with Crippen molar-refractivity contribution >= 4 is 5.91 Å². The summed E-state index contributed by atoms with van der Waals surface area (Å²) in [5.41, 5.74) is 1.04. The Labute approximate surface area is 96.5 Å². The van der Waals surface area contributed by atoms with E-state index >= 15 is 0 Å². The third-order valence-corrected chi connectivity index (χ3v) is 3.09. The van der Waals surface area contributed by atoms with E-state index in [1.807, 2.05) is 42.3 Å². The lowest BCUT2D eigenvalue weighted by Crippen LogP contribution is -2.38. The van der Waals surface area contributed by atoms with Crippen molar-refractivity contribution in [3.63, 3.8) is 0 Å². The number of hydrogen-bond acceptors (Lipinski definition) is 2. The maximum Gasteiger partial charge on any atom is 0.244 e. The molecule has 1 aliphatic rings. The van der Waals surface area contributed by atoms with E-state index in [9.17, 15) is 4.79 Å². The van der Waals surface area contributed by atoms with Crippen molar-refractivity contribution in [2.24, 2.45) is 0 Å². The van der Waals surface area contributed by atoms with Crippen molar-refractivity contribution in [3.05, 3.63) is 35.9 Å². The van der Waals surface area contributed by atoms with E-state index in [2.05, 4.69) is 5.32 Å². The van der Waals surface area contributed by atoms with Gasteiger partial charge in [0.05, 0.1) is 0 Å². The van der Waals surface area contributed by atoms with Gasteiger partial charge in [-0.15, -0.1) is 0 Å². The summed E-state index contributed by atoms with van der Waals surface area (Å²) in [6.45, 7) is 1.81. The minimum Gasteiger partial charge on any atom is -0.341 e. The molecule has 0 spiro atoms. The molecule has 1 fully saturated rings. The number of amides is 1. The molecule has 0 saturated carbocycles. The molecule has 1 unspecified atom stereocenters. The first-order valence-corrected chi connectivity index (χ1v) is 5.84. The Balaban J connectivity index is 2.13. The Morgan fingerprint density at radius 1 is 1.25 bits per heavy atom. The number of likely N-dealkylation sites (tertiary alicyclic amines) is 1. The number of carbonyl (C=O) groups is 1. The Kier molecular flexibility index (Phi) is 3.57. The molecule has 3 heteroatoms. The Bertz CT molecular complexity index is 344. The van der Waals surface area contributed by atoms with Gasteiger partial charge in [-0.05, 0) is 25.5 Å². The van der Waals surface area contributed by atoms with Crippen LogP contribution in [0.15, 0.2) is 30.3 Å². The van der Waals surface area contributed by atoms with Crippen LogP contribution in [0.1, 0.15) is 24.4 Å². The van der Waals surface area contributed by atoms with Gasteiger partial charge in [-0.25, -0.2) is 0 Å². The van der Waals surface area contributed by atoms with Gasteiger partial charge in [-0.1, -0.05) is 30.3 Å². The van der Waals surface area contributed by atoms with E-state index in [-0.39, 0.29) is 11.9 Å². The van der Waals surface area contributed by atoms with Gasteiger partial charge in [0.1, 0.15) is 6.04 Å². The van der Waals surface area contributed by atoms with Crippen LogP contribution in [0.4, 0.5) is 0 Å². The lowest BCUT2D eigenvalue weighted by molar-refractivity contribution is -0.132. The van der Waals surface area contributed by atoms with E-state index < -0.39 is 0 Å². The second-order valence-corrected chi connectivity index (χ2v) is 4.16. The molecule has 0 bridgehead atoms. The summed E-state index contributed by atoms with van der Waals surface area (Å²) >= 11 is 0. The van der Waals surface area contributed by atoms with Gasteiger partial charge in [0.25, 0.3) is 0 Å². The van der Waals surface area contributed by atoms with Gasteiger partial charge in [-0.3, -0.25) is 4.79 Å². The molecule has 2 rings (SSSR count). The molecule has 1 atom stereocenters. The highest BCUT2D eigenvalue weighted by molar-refractivity contribution is 5.83. The summed E-state index contributed by atoms with van der Waals surface area (Å²) in [5, 5.41) is 3.10. The van der Waals surface area contributed by atoms with Gasteiger partial charge in [0.15, 0.2) is 0 Å². The van der Waals surface area contributed by atoms with Crippen molar-refractivity contribution in [1.82, 2.24) is 10.2 Å². The molecule has 1 aromatic carbocycles. The second kappa shape index (κ2) is 5.12. The maximum atomic E-state index is 12.2. The van der Waals surface area contributed by atoms with Crippen LogP contribution in [0.2, 0.25) is 0 Å². The standard InChI is InChI=1S/C13H18N2O/c1-14-12(11-7-3-2-4-8-11)13(16)15-9-5-6-10-15/h2-4,7-8,12,14H,5-6,9-10H2,1H3. The van der Waals surface area contributed by atoms with E-state index in [0.29, 0.717) is 0 Å². The van der Waals surface area contributed by atoms with Gasteiger partial charge >= 0.3 is 0 Å². The molecule has 0 aliphatic carbocycles. The quantitative estimate of drug-likeness (QED) is 0.835. The molecule has 16 heavy (non-hydrogen) atoms. The maximum absolute atomic E-state index is 12.2. The van der Waals surface area contributed by atoms with Crippen LogP contribution in [0, 0.1) is 0 Å². The zero-order valence-corrected chi connectivity index (χ0v) is 9.65. The minimum atomic E-state index is -0.195. The second-order valence-electron chi connectivity index (χ2n) is 4.16. The van der Waals surface area contributed by atoms with Crippen molar-refractivity contribution in [3.8, 4) is 0 Å². The number of rotatable bonds is 3. The SMILES string of the molecule is CNC(C(=O)N1CCCC1)c1ccccc1. The molecular weight excluding hydrogens is 200 g/mol. The highest BCUT2D eigenvalue weighted by Crippen LogP contribution is 2.18. The number of hydrogen-bond donors (Lipinski definition) is 1. The van der Waals surface area contributed by atoms with Gasteiger partial charge in [0, 0.05) is 13.1 Å². The number of benzene rings is 1. The average Bonchev–Trinajstić information content (AvgIpc) is 2.85. The molecule has 1 heterocycles. The summed E-state index contributed by atoms with van der Waals surface area (Å²) in [7, 11) is 1.84. The fraction of sp³-hybridized carbons (Fsp3) is 0.462. The van der Waals surface area contributed by atoms with Crippen molar-refractivity contribution in [1.29, 1.82) is 0 Å². The molecule has 1 amide bonds. The summed E-state index contributed by atoms with van der Waals surface area (Å²) < 4.78 is 0. The number of nitrogens with one attached hydrogen (secondary N) is 1. The zero-order chi connectivity index (χ0) is 11.4. The van der Waals surface area contributed by atoms with E-state index in [4.69, 9.17) is 0 Å². The van der Waals surface area contributed by atoms with Crippen LogP contribution in [-0.4, -0.2) is 30.9 Å². The summed E-state index contributed by atoms with van der Waals surface area (Å²) in [4.78, 5) is 14.2. The van der Waals surface area contributed by atoms with Gasteiger partial charge < -0.3 is 10.2 Å². The predicted octanol–water partition coefficient (Wildman–Crippen LogP) is 1.57. The van der Waals surface area contributed by atoms with Crippen molar-refractivity contribution in [2.75, 3.05) is 20.1 Å². The normalized spacial score (nSPS) is 17.4. The zero-order valence-electron chi connectivity index (χ0n) is 9.65. The lowest BCUT2D eigenvalue weighted by atomic mass is 10.1. The lowest BCUT2D eigenvalue weighted by Gasteiger charge is -2.23. The van der Waals surface area contributed by atoms with Crippen molar-refractivity contribution in [2.45, 2.75) is 18.9 Å². The van der Waals surface area contributed by atoms with Crippen LogP contribution in [0.3, 0.4) is 0 Å². The van der Waals surface area contributed by atoms with Crippen LogP contribution in [-0.2, 0) is 4.79 Å². The van der Waals surface area contributed by atoms with Gasteiger partial charge in [0.2, 0.25) is 5.91 Å². The van der Waals surface area contributed by atoms with Crippen LogP contribution in [0.25, 0.3) is 0 Å². The first-order valence-electron chi connectivity index (χ1n) is 5.84. The molecule has 3 nitrogen and oxygen atoms in total. The Morgan fingerprint density at radius 3 is 2.44 bits per heavy atom. The molecule has 0 aromatic heterocycles. The van der Waals surface area contributed by atoms with E-state index in [1.165, 1.54) is 0 Å². The molecular formula is C13H18N2O. The summed E-state index contributed by atoms with van der Waals surface area (Å²) in [6, 6.07) is 9.70. The molecule has 0 radical (unpaired) electrons. The molecule has 1 N–H and O–H groups in total. The summed E-state index contributed by atoms with van der Waals surface area (Å²) in [6.07, 6.45) is 2.27. The van der Waals surface area contributed by atoms with E-state index in [0.717, 1.165) is 31.5 Å². The van der Waals surface area contributed by atoms with Crippen LogP contribution < -0.4 is 5.32 Å². The largest absolute Gasteiger partial charge is 0.341 e. The number of nitrogens with zero attached hydrogens (tertiary/aromatic N) is 1. The summed E-state index contributed by atoms with van der Waals surface area (Å²) in [5.74, 6) is 0.200. The molecule has 1 saturated heterocycles. The van der Waals surface area contributed by atoms with Gasteiger partial charge in [-0.2, -0.15) is 0 Å². The highest BCUT2D eigenvalue weighted by atomic mass is 16.2. The Hall–Kier alpha value is -1.35. The Morgan fingerprint density at radius 2 is 1.88 bits per heavy atom. The smallest absolute Gasteiger partial charge is 0.244 e. The van der Waals surface area contributed by atoms with Crippen LogP contribution >= 0.6 is 0 Å². The first kappa shape index (κ1) is 11.1. The number of carbonyl (C=O) groups excluding carboxylic acids is 1. The third kappa shape index (κ3) is 2.25. The molecule has 1 aromatic rings. The van der Waals surface area contributed by atoms with E-state index in [1.54, 1.807) is 0 Å². The highest BCUT2D eigenvalue weighted by Gasteiger charge is 2.26. The number of likely N-dealkylation sites (N-methyl/N-ethyl adjacent to an activating group) is 1. The third-order valence-electron chi connectivity index (χ3n) is 3.09. The molecule has 86 valence electrons. The topological polar surface area (TPSA) is 32.3 Å². The minimum absolute atomic E-state index is 0.195. The monoisotopic (exact) mass is 218 g/mol. The predicted molar refractivity (Wildman–Crippen MR) is 64.1 cm³/mol.